The quantitative estimate of drug-likeness (QED) is 0.414. The molecule has 0 fully saturated rings. The van der Waals surface area contributed by atoms with Gasteiger partial charge in [-0.15, -0.1) is 0 Å². The van der Waals surface area contributed by atoms with Crippen LogP contribution in [0.1, 0.15) is 25.8 Å². The molecule has 0 amide bonds. The Labute approximate surface area is 129 Å². The van der Waals surface area contributed by atoms with Crippen LogP contribution >= 0.6 is 0 Å². The highest BCUT2D eigenvalue weighted by atomic mass is 16.6. The normalized spacial score (nSPS) is 11.4. The van der Waals surface area contributed by atoms with Gasteiger partial charge in [0.2, 0.25) is 0 Å². The molecule has 120 valence electrons. The maximum Gasteiger partial charge on any atom is 0.344 e. The van der Waals surface area contributed by atoms with Crippen LogP contribution in [0.5, 0.6) is 0 Å². The van der Waals surface area contributed by atoms with Gasteiger partial charge in [-0.25, -0.2) is 4.79 Å². The predicted molar refractivity (Wildman–Crippen MR) is 77.6 cm³/mol. The summed E-state index contributed by atoms with van der Waals surface area (Å²) in [7, 11) is 0. The van der Waals surface area contributed by atoms with Crippen molar-refractivity contribution in [1.29, 1.82) is 0 Å². The number of benzene rings is 1. The fourth-order valence-corrected chi connectivity index (χ4v) is 1.68. The van der Waals surface area contributed by atoms with Crippen LogP contribution < -0.4 is 0 Å². The van der Waals surface area contributed by atoms with Gasteiger partial charge in [0.05, 0.1) is 6.61 Å². The van der Waals surface area contributed by atoms with E-state index in [4.69, 9.17) is 14.2 Å². The van der Waals surface area contributed by atoms with Crippen molar-refractivity contribution in [1.82, 2.24) is 0 Å². The third-order valence-electron chi connectivity index (χ3n) is 2.84. The first-order valence-corrected chi connectivity index (χ1v) is 7.11. The summed E-state index contributed by atoms with van der Waals surface area (Å²) in [5.41, 5.74) is 0.833. The Hall–Kier alpha value is -2.37. The summed E-state index contributed by atoms with van der Waals surface area (Å²) in [6, 6.07) is 9.14. The lowest BCUT2D eigenvalue weighted by atomic mass is 10.1. The lowest BCUT2D eigenvalue weighted by Crippen LogP contribution is -2.29. The zero-order valence-electron chi connectivity index (χ0n) is 12.7. The molecule has 1 atom stereocenters. The van der Waals surface area contributed by atoms with Gasteiger partial charge in [-0.1, -0.05) is 37.3 Å². The average Bonchev–Trinajstić information content (AvgIpc) is 2.53. The minimum atomic E-state index is -1.01. The average molecular weight is 308 g/mol. The van der Waals surface area contributed by atoms with E-state index in [0.29, 0.717) is 0 Å². The SMILES string of the molecule is CCOC(=O)C(CC)C(=O)OCC(=O)OCc1ccccc1. The van der Waals surface area contributed by atoms with Crippen LogP contribution in [0, 0.1) is 5.92 Å². The van der Waals surface area contributed by atoms with E-state index in [-0.39, 0.29) is 19.6 Å². The van der Waals surface area contributed by atoms with Gasteiger partial charge in [-0.2, -0.15) is 0 Å². The van der Waals surface area contributed by atoms with Crippen LogP contribution in [0.4, 0.5) is 0 Å². The smallest absolute Gasteiger partial charge is 0.344 e. The van der Waals surface area contributed by atoms with Gasteiger partial charge >= 0.3 is 17.9 Å². The number of carbonyl (C=O) groups is 3. The summed E-state index contributed by atoms with van der Waals surface area (Å²) in [5.74, 6) is -3.11. The Bertz CT molecular complexity index is 497. The first kappa shape index (κ1) is 17.7. The van der Waals surface area contributed by atoms with Crippen molar-refractivity contribution in [2.45, 2.75) is 26.9 Å². The van der Waals surface area contributed by atoms with E-state index in [1.807, 2.05) is 30.3 Å². The highest BCUT2D eigenvalue weighted by molar-refractivity contribution is 5.95. The zero-order valence-corrected chi connectivity index (χ0v) is 12.7. The molecule has 0 aromatic heterocycles. The second-order valence-corrected chi connectivity index (χ2v) is 4.47. The van der Waals surface area contributed by atoms with Crippen LogP contribution in [0.15, 0.2) is 30.3 Å². The number of carbonyl (C=O) groups excluding carboxylic acids is 3. The molecule has 0 N–H and O–H groups in total. The fourth-order valence-electron chi connectivity index (χ4n) is 1.68. The Kier molecular flexibility index (Phi) is 7.67. The molecular weight excluding hydrogens is 288 g/mol. The molecule has 6 nitrogen and oxygen atoms in total. The van der Waals surface area contributed by atoms with Gasteiger partial charge in [0.25, 0.3) is 0 Å². The molecule has 0 aliphatic carbocycles. The molecular formula is C16H20O6. The highest BCUT2D eigenvalue weighted by Gasteiger charge is 2.28. The van der Waals surface area contributed by atoms with Crippen molar-refractivity contribution in [3.63, 3.8) is 0 Å². The van der Waals surface area contributed by atoms with Crippen molar-refractivity contribution < 1.29 is 28.6 Å². The molecule has 1 aromatic carbocycles. The Balaban J connectivity index is 2.36. The summed E-state index contributed by atoms with van der Waals surface area (Å²) in [4.78, 5) is 34.8. The fraction of sp³-hybridized carbons (Fsp3) is 0.438. The monoisotopic (exact) mass is 308 g/mol. The van der Waals surface area contributed by atoms with Gasteiger partial charge in [0, 0.05) is 0 Å². The molecule has 1 aromatic rings. The van der Waals surface area contributed by atoms with Crippen LogP contribution in [0.25, 0.3) is 0 Å². The molecule has 1 rings (SSSR count). The zero-order chi connectivity index (χ0) is 16.4. The Morgan fingerprint density at radius 3 is 2.18 bits per heavy atom. The van der Waals surface area contributed by atoms with E-state index in [1.165, 1.54) is 0 Å². The Morgan fingerprint density at radius 2 is 1.59 bits per heavy atom. The third kappa shape index (κ3) is 5.95. The standard InChI is InChI=1S/C16H20O6/c1-3-13(15(18)20-4-2)16(19)22-11-14(17)21-10-12-8-6-5-7-9-12/h5-9,13H,3-4,10-11H2,1-2H3. The minimum absolute atomic E-state index is 0.103. The van der Waals surface area contributed by atoms with Gasteiger partial charge in [0.1, 0.15) is 6.61 Å². The number of ether oxygens (including phenoxy) is 3. The summed E-state index contributed by atoms with van der Waals surface area (Å²) in [6.07, 6.45) is 0.247. The largest absolute Gasteiger partial charge is 0.465 e. The Morgan fingerprint density at radius 1 is 0.955 bits per heavy atom. The molecule has 0 radical (unpaired) electrons. The van der Waals surface area contributed by atoms with E-state index in [0.717, 1.165) is 5.56 Å². The van der Waals surface area contributed by atoms with E-state index in [1.54, 1.807) is 13.8 Å². The van der Waals surface area contributed by atoms with Gasteiger partial charge in [0.15, 0.2) is 12.5 Å². The van der Waals surface area contributed by atoms with Crippen molar-refractivity contribution in [2.75, 3.05) is 13.2 Å². The van der Waals surface area contributed by atoms with Gasteiger partial charge in [-0.05, 0) is 18.9 Å². The second kappa shape index (κ2) is 9.55. The number of esters is 3. The molecule has 22 heavy (non-hydrogen) atoms. The highest BCUT2D eigenvalue weighted by Crippen LogP contribution is 2.08. The van der Waals surface area contributed by atoms with E-state index < -0.39 is 30.4 Å². The number of rotatable bonds is 8. The van der Waals surface area contributed by atoms with E-state index >= 15 is 0 Å². The minimum Gasteiger partial charge on any atom is -0.465 e. The maximum absolute atomic E-state index is 11.7. The van der Waals surface area contributed by atoms with Crippen molar-refractivity contribution in [3.05, 3.63) is 35.9 Å². The number of hydrogen-bond acceptors (Lipinski definition) is 6. The third-order valence-corrected chi connectivity index (χ3v) is 2.84. The van der Waals surface area contributed by atoms with E-state index in [9.17, 15) is 14.4 Å². The van der Waals surface area contributed by atoms with E-state index in [2.05, 4.69) is 0 Å². The van der Waals surface area contributed by atoms with Crippen molar-refractivity contribution in [3.8, 4) is 0 Å². The molecule has 0 saturated carbocycles. The van der Waals surface area contributed by atoms with Crippen LogP contribution in [-0.2, 0) is 35.2 Å². The topological polar surface area (TPSA) is 78.9 Å². The summed E-state index contributed by atoms with van der Waals surface area (Å²) in [6.45, 7) is 3.07. The van der Waals surface area contributed by atoms with Crippen LogP contribution in [-0.4, -0.2) is 31.1 Å². The van der Waals surface area contributed by atoms with Crippen LogP contribution in [0.2, 0.25) is 0 Å². The molecule has 0 aliphatic heterocycles. The lowest BCUT2D eigenvalue weighted by molar-refractivity contribution is -0.168. The molecule has 0 saturated heterocycles. The summed E-state index contributed by atoms with van der Waals surface area (Å²) in [5, 5.41) is 0. The van der Waals surface area contributed by atoms with Gasteiger partial charge in [-0.3, -0.25) is 9.59 Å². The first-order chi connectivity index (χ1) is 10.6. The van der Waals surface area contributed by atoms with Gasteiger partial charge < -0.3 is 14.2 Å². The molecule has 6 heteroatoms. The van der Waals surface area contributed by atoms with Crippen molar-refractivity contribution in [2.24, 2.45) is 5.92 Å². The summed E-state index contributed by atoms with van der Waals surface area (Å²) < 4.78 is 14.5. The number of hydrogen-bond donors (Lipinski definition) is 0. The van der Waals surface area contributed by atoms with Crippen LogP contribution in [0.3, 0.4) is 0 Å². The maximum atomic E-state index is 11.7. The summed E-state index contributed by atoms with van der Waals surface area (Å²) >= 11 is 0. The molecule has 0 bridgehead atoms. The molecule has 0 aliphatic rings. The molecule has 1 unspecified atom stereocenters. The lowest BCUT2D eigenvalue weighted by Gasteiger charge is -2.12. The first-order valence-electron chi connectivity index (χ1n) is 7.11. The van der Waals surface area contributed by atoms with Crippen molar-refractivity contribution >= 4 is 17.9 Å². The second-order valence-electron chi connectivity index (χ2n) is 4.47. The molecule has 0 spiro atoms. The molecule has 0 heterocycles. The predicted octanol–water partition coefficient (Wildman–Crippen LogP) is 1.86.